The third-order valence-electron chi connectivity index (χ3n) is 7.19. The molecule has 190 valence electrons. The van der Waals surface area contributed by atoms with E-state index in [1.54, 1.807) is 6.20 Å². The van der Waals surface area contributed by atoms with Crippen molar-refractivity contribution in [2.45, 2.75) is 31.3 Å². The van der Waals surface area contributed by atoms with Gasteiger partial charge in [-0.25, -0.2) is 9.78 Å². The zero-order chi connectivity index (χ0) is 25.0. The van der Waals surface area contributed by atoms with Gasteiger partial charge in [0.05, 0.1) is 5.02 Å². The maximum absolute atomic E-state index is 13.1. The number of oxime groups is 1. The molecule has 1 aromatic heterocycles. The van der Waals surface area contributed by atoms with Crippen molar-refractivity contribution in [2.75, 3.05) is 50.7 Å². The molecule has 0 atom stereocenters. The molecule has 5 rings (SSSR count). The van der Waals surface area contributed by atoms with Crippen LogP contribution in [-0.2, 0) is 16.1 Å². The largest absolute Gasteiger partial charge is 0.388 e. The second-order valence-electron chi connectivity index (χ2n) is 9.53. The van der Waals surface area contributed by atoms with Crippen molar-refractivity contribution in [3.8, 4) is 0 Å². The molecule has 0 bridgehead atoms. The van der Waals surface area contributed by atoms with Crippen LogP contribution in [0.25, 0.3) is 0 Å². The first-order valence-corrected chi connectivity index (χ1v) is 12.9. The van der Waals surface area contributed by atoms with Crippen LogP contribution in [-0.4, -0.2) is 83.8 Å². The number of likely N-dealkylation sites (tertiary alicyclic amines) is 1. The number of hydrogen-bond acceptors (Lipinski definition) is 6. The lowest BCUT2D eigenvalue weighted by Crippen LogP contribution is -2.52. The van der Waals surface area contributed by atoms with Gasteiger partial charge in [-0.1, -0.05) is 47.1 Å². The molecule has 3 amide bonds. The zero-order valence-corrected chi connectivity index (χ0v) is 21.0. The Morgan fingerprint density at radius 2 is 1.72 bits per heavy atom. The fraction of sp³-hybridized carbons (Fsp3) is 0.462. The zero-order valence-electron chi connectivity index (χ0n) is 20.2. The molecular weight excluding hydrogens is 480 g/mol. The highest BCUT2D eigenvalue weighted by atomic mass is 35.5. The Morgan fingerprint density at radius 1 is 0.972 bits per heavy atom. The summed E-state index contributed by atoms with van der Waals surface area (Å²) in [5.74, 6) is 0.683. The minimum atomic E-state index is -0.491. The van der Waals surface area contributed by atoms with Crippen molar-refractivity contribution >= 4 is 35.1 Å². The predicted molar refractivity (Wildman–Crippen MR) is 138 cm³/mol. The molecule has 1 spiro atoms. The Bertz CT molecular complexity index is 1110. The SMILES string of the molecule is O=C(NCCc1ccccc1)N1CCC2(CC1)CC(C(=O)N1CCN(c3ncccc3Cl)CC1)=NO2. The first kappa shape index (κ1) is 24.4. The lowest BCUT2D eigenvalue weighted by molar-refractivity contribution is -0.124. The van der Waals surface area contributed by atoms with Gasteiger partial charge in [-0.3, -0.25) is 4.79 Å². The van der Waals surface area contributed by atoms with Crippen molar-refractivity contribution in [1.82, 2.24) is 20.1 Å². The molecule has 3 aliphatic rings. The minimum Gasteiger partial charge on any atom is -0.388 e. The summed E-state index contributed by atoms with van der Waals surface area (Å²) in [6.07, 6.45) is 4.33. The molecule has 0 unspecified atom stereocenters. The van der Waals surface area contributed by atoms with Gasteiger partial charge in [-0.05, 0) is 24.1 Å². The van der Waals surface area contributed by atoms with Crippen LogP contribution in [0.5, 0.6) is 0 Å². The van der Waals surface area contributed by atoms with Gasteiger partial charge >= 0.3 is 6.03 Å². The highest BCUT2D eigenvalue weighted by Gasteiger charge is 2.45. The van der Waals surface area contributed by atoms with E-state index in [2.05, 4.69) is 32.5 Å². The number of nitrogens with zero attached hydrogens (tertiary/aromatic N) is 5. The first-order chi connectivity index (χ1) is 17.5. The van der Waals surface area contributed by atoms with Gasteiger partial charge < -0.3 is 24.9 Å². The molecule has 9 nitrogen and oxygen atoms in total. The maximum Gasteiger partial charge on any atom is 0.317 e. The number of piperidine rings is 1. The normalized spacial score (nSPS) is 19.1. The lowest BCUT2D eigenvalue weighted by atomic mass is 9.86. The Hall–Kier alpha value is -3.33. The Balaban J connectivity index is 1.06. The van der Waals surface area contributed by atoms with Crippen LogP contribution < -0.4 is 10.2 Å². The number of benzene rings is 1. The van der Waals surface area contributed by atoms with Gasteiger partial charge in [0.15, 0.2) is 0 Å². The standard InChI is InChI=1S/C26H31ClN6O3/c27-21-7-4-11-28-23(21)31-15-17-32(18-16-31)24(34)22-19-26(36-30-22)9-13-33(14-10-26)25(35)29-12-8-20-5-2-1-3-6-20/h1-7,11H,8-10,12-19H2,(H,29,35). The van der Waals surface area contributed by atoms with E-state index in [4.69, 9.17) is 16.4 Å². The van der Waals surface area contributed by atoms with E-state index in [9.17, 15) is 9.59 Å². The third kappa shape index (κ3) is 5.41. The Kier molecular flexibility index (Phi) is 7.27. The molecule has 0 saturated carbocycles. The number of carbonyl (C=O) groups is 2. The molecule has 4 heterocycles. The monoisotopic (exact) mass is 510 g/mol. The van der Waals surface area contributed by atoms with Crippen molar-refractivity contribution in [3.63, 3.8) is 0 Å². The van der Waals surface area contributed by atoms with Crippen molar-refractivity contribution in [2.24, 2.45) is 5.16 Å². The van der Waals surface area contributed by atoms with Gasteiger partial charge in [-0.2, -0.15) is 0 Å². The number of nitrogens with one attached hydrogen (secondary N) is 1. The topological polar surface area (TPSA) is 90.4 Å². The van der Waals surface area contributed by atoms with E-state index < -0.39 is 5.60 Å². The number of amides is 3. The van der Waals surface area contributed by atoms with E-state index in [-0.39, 0.29) is 11.9 Å². The molecule has 2 aromatic rings. The smallest absolute Gasteiger partial charge is 0.317 e. The van der Waals surface area contributed by atoms with Crippen LogP contribution in [0.4, 0.5) is 10.6 Å². The highest BCUT2D eigenvalue weighted by Crippen LogP contribution is 2.35. The number of anilines is 1. The second kappa shape index (κ2) is 10.7. The van der Waals surface area contributed by atoms with Crippen LogP contribution >= 0.6 is 11.6 Å². The van der Waals surface area contributed by atoms with E-state index in [1.807, 2.05) is 40.1 Å². The summed E-state index contributed by atoms with van der Waals surface area (Å²) in [4.78, 5) is 41.6. The van der Waals surface area contributed by atoms with E-state index in [0.29, 0.717) is 75.8 Å². The molecule has 3 aliphatic heterocycles. The molecule has 1 N–H and O–H groups in total. The number of carbonyl (C=O) groups excluding carboxylic acids is 2. The van der Waals surface area contributed by atoms with Gasteiger partial charge in [-0.15, -0.1) is 0 Å². The van der Waals surface area contributed by atoms with Crippen molar-refractivity contribution in [3.05, 3.63) is 59.2 Å². The van der Waals surface area contributed by atoms with Gasteiger partial charge in [0.2, 0.25) is 0 Å². The van der Waals surface area contributed by atoms with Gasteiger partial charge in [0.1, 0.15) is 17.1 Å². The number of piperazine rings is 1. The average Bonchev–Trinajstić information content (AvgIpc) is 3.33. The van der Waals surface area contributed by atoms with E-state index >= 15 is 0 Å². The number of hydrogen-bond donors (Lipinski definition) is 1. The van der Waals surface area contributed by atoms with Crippen LogP contribution in [0.3, 0.4) is 0 Å². The molecule has 0 radical (unpaired) electrons. The number of urea groups is 1. The van der Waals surface area contributed by atoms with E-state index in [0.717, 1.165) is 12.2 Å². The summed E-state index contributed by atoms with van der Waals surface area (Å²) in [7, 11) is 0. The fourth-order valence-electron chi connectivity index (χ4n) is 5.01. The average molecular weight is 511 g/mol. The molecule has 10 heteroatoms. The number of rotatable bonds is 5. The van der Waals surface area contributed by atoms with Crippen LogP contribution in [0.2, 0.25) is 5.02 Å². The Morgan fingerprint density at radius 3 is 2.44 bits per heavy atom. The Labute approximate surface area is 216 Å². The van der Waals surface area contributed by atoms with Crippen LogP contribution in [0.15, 0.2) is 53.8 Å². The predicted octanol–water partition coefficient (Wildman–Crippen LogP) is 2.95. The molecule has 2 fully saturated rings. The van der Waals surface area contributed by atoms with Crippen molar-refractivity contribution in [1.29, 1.82) is 0 Å². The molecule has 2 saturated heterocycles. The maximum atomic E-state index is 13.1. The number of halogens is 1. The molecular formula is C26H31ClN6O3. The van der Waals surface area contributed by atoms with Crippen LogP contribution in [0.1, 0.15) is 24.8 Å². The highest BCUT2D eigenvalue weighted by molar-refractivity contribution is 6.39. The second-order valence-corrected chi connectivity index (χ2v) is 9.94. The quantitative estimate of drug-likeness (QED) is 0.668. The molecule has 36 heavy (non-hydrogen) atoms. The van der Waals surface area contributed by atoms with Gasteiger partial charge in [0.25, 0.3) is 5.91 Å². The van der Waals surface area contributed by atoms with Crippen molar-refractivity contribution < 1.29 is 14.4 Å². The molecule has 0 aliphatic carbocycles. The van der Waals surface area contributed by atoms with E-state index in [1.165, 1.54) is 5.56 Å². The fourth-order valence-corrected chi connectivity index (χ4v) is 5.25. The summed E-state index contributed by atoms with van der Waals surface area (Å²) in [5.41, 5.74) is 1.18. The summed E-state index contributed by atoms with van der Waals surface area (Å²) in [6, 6.07) is 13.7. The summed E-state index contributed by atoms with van der Waals surface area (Å²) in [6.45, 7) is 4.24. The summed E-state index contributed by atoms with van der Waals surface area (Å²) >= 11 is 6.27. The molecule has 1 aromatic carbocycles. The van der Waals surface area contributed by atoms with Gasteiger partial charge in [0, 0.05) is 71.3 Å². The third-order valence-corrected chi connectivity index (χ3v) is 7.48. The van der Waals surface area contributed by atoms with Crippen LogP contribution in [0, 0.1) is 0 Å². The summed E-state index contributed by atoms with van der Waals surface area (Å²) < 4.78 is 0. The first-order valence-electron chi connectivity index (χ1n) is 12.5. The lowest BCUT2D eigenvalue weighted by Gasteiger charge is -2.37. The number of pyridine rings is 1. The number of aromatic nitrogens is 1. The summed E-state index contributed by atoms with van der Waals surface area (Å²) in [5, 5.41) is 7.82. The minimum absolute atomic E-state index is 0.0538.